The fourth-order valence-corrected chi connectivity index (χ4v) is 5.70. The van der Waals surface area contributed by atoms with Crippen LogP contribution in [0, 0.1) is 23.7 Å². The quantitative estimate of drug-likeness (QED) is 0.379. The number of H-pyrrole nitrogens is 1. The number of fused-ring (bicyclic) bond motifs is 1. The Bertz CT molecular complexity index is 1440. The van der Waals surface area contributed by atoms with Crippen LogP contribution in [0.3, 0.4) is 0 Å². The minimum absolute atomic E-state index is 0.0426. The number of ketones is 1. The van der Waals surface area contributed by atoms with Crippen molar-refractivity contribution in [3.63, 3.8) is 0 Å². The first-order valence-electron chi connectivity index (χ1n) is 11.6. The molecule has 0 fully saturated rings. The Morgan fingerprint density at radius 3 is 2.49 bits per heavy atom. The zero-order valence-electron chi connectivity index (χ0n) is 19.9. The van der Waals surface area contributed by atoms with E-state index in [1.54, 1.807) is 12.1 Å². The van der Waals surface area contributed by atoms with Crippen LogP contribution >= 0.6 is 11.8 Å². The molecular weight excluding hydrogens is 456 g/mol. The Kier molecular flexibility index (Phi) is 5.86. The second kappa shape index (κ2) is 8.86. The number of aryl methyl sites for hydroxylation is 1. The van der Waals surface area contributed by atoms with E-state index in [0.29, 0.717) is 46.3 Å². The van der Waals surface area contributed by atoms with Gasteiger partial charge in [0.1, 0.15) is 5.82 Å². The zero-order valence-corrected chi connectivity index (χ0v) is 20.8. The molecule has 0 amide bonds. The number of rotatable bonds is 4. The third-order valence-corrected chi connectivity index (χ3v) is 7.51. The molecule has 1 aliphatic carbocycles. The summed E-state index contributed by atoms with van der Waals surface area (Å²) in [6, 6.07) is 17.5. The van der Waals surface area contributed by atoms with Crippen LogP contribution in [0.2, 0.25) is 0 Å². The molecule has 6 nitrogen and oxygen atoms in total. The maximum atomic E-state index is 13.4. The second-order valence-electron chi connectivity index (χ2n) is 10.0. The van der Waals surface area contributed by atoms with Gasteiger partial charge in [-0.3, -0.25) is 9.59 Å². The number of benzene rings is 2. The zero-order chi connectivity index (χ0) is 24.7. The third-order valence-electron chi connectivity index (χ3n) is 6.57. The summed E-state index contributed by atoms with van der Waals surface area (Å²) in [5.41, 5.74) is 5.16. The van der Waals surface area contributed by atoms with Crippen molar-refractivity contribution in [2.24, 2.45) is 5.41 Å². The molecule has 1 atom stereocenters. The minimum Gasteiger partial charge on any atom is -0.343 e. The maximum absolute atomic E-state index is 13.4. The number of thioether (sulfide) groups is 1. The predicted molar refractivity (Wildman–Crippen MR) is 137 cm³/mol. The Morgan fingerprint density at radius 1 is 1.09 bits per heavy atom. The molecule has 5 rings (SSSR count). The number of hydrogen-bond donors (Lipinski definition) is 2. The molecule has 0 spiro atoms. The first-order chi connectivity index (χ1) is 16.7. The molecule has 1 aromatic heterocycles. The van der Waals surface area contributed by atoms with E-state index in [-0.39, 0.29) is 16.8 Å². The van der Waals surface area contributed by atoms with Crippen LogP contribution in [0.25, 0.3) is 0 Å². The number of nitrogens with one attached hydrogen (secondary N) is 2. The van der Waals surface area contributed by atoms with Crippen molar-refractivity contribution in [2.75, 3.05) is 5.32 Å². The van der Waals surface area contributed by atoms with Crippen LogP contribution in [0.15, 0.2) is 69.8 Å². The highest BCUT2D eigenvalue weighted by molar-refractivity contribution is 7.98. The van der Waals surface area contributed by atoms with Gasteiger partial charge in [-0.05, 0) is 42.0 Å². The van der Waals surface area contributed by atoms with Crippen molar-refractivity contribution in [1.82, 2.24) is 9.97 Å². The molecule has 0 bridgehead atoms. The lowest BCUT2D eigenvalue weighted by Crippen LogP contribution is -2.37. The van der Waals surface area contributed by atoms with Gasteiger partial charge in [-0.2, -0.15) is 5.26 Å². The van der Waals surface area contributed by atoms with Gasteiger partial charge < -0.3 is 10.3 Å². The summed E-state index contributed by atoms with van der Waals surface area (Å²) in [7, 11) is 0. The summed E-state index contributed by atoms with van der Waals surface area (Å²) >= 11 is 1.47. The van der Waals surface area contributed by atoms with Gasteiger partial charge in [-0.25, -0.2) is 4.98 Å². The highest BCUT2D eigenvalue weighted by atomic mass is 32.2. The van der Waals surface area contributed by atoms with Gasteiger partial charge in [0.25, 0.3) is 5.56 Å². The standard InChI is InChI=1S/C28H26N4O2S/c1-16-4-6-18(7-5-16)15-35-27-31-25-24(26(34)32-27)22(19-10-8-17(14-29)9-11-19)23-20(30-25)12-28(2,3)13-21(23)33/h4-11,22H,12-13,15H2,1-3H3,(H2,30,31,32,34). The van der Waals surface area contributed by atoms with Crippen molar-refractivity contribution in [1.29, 1.82) is 5.26 Å². The SMILES string of the molecule is Cc1ccc(CSc2nc3c(c(=O)[nH]2)C(c2ccc(C#N)cc2)C2=C(CC(C)(C)CC2=O)N3)cc1. The lowest BCUT2D eigenvalue weighted by Gasteiger charge is -2.38. The number of aromatic amines is 1. The van der Waals surface area contributed by atoms with E-state index in [0.717, 1.165) is 16.8 Å². The molecule has 2 aliphatic rings. The smallest absolute Gasteiger partial charge is 0.257 e. The maximum Gasteiger partial charge on any atom is 0.257 e. The van der Waals surface area contributed by atoms with Crippen LogP contribution in [0.4, 0.5) is 5.82 Å². The van der Waals surface area contributed by atoms with E-state index in [4.69, 9.17) is 4.98 Å². The summed E-state index contributed by atoms with van der Waals surface area (Å²) in [6.45, 7) is 6.21. The molecule has 35 heavy (non-hydrogen) atoms. The van der Waals surface area contributed by atoms with Crippen LogP contribution in [-0.4, -0.2) is 15.8 Å². The van der Waals surface area contributed by atoms with Crippen LogP contribution in [0.1, 0.15) is 60.4 Å². The minimum atomic E-state index is -0.523. The monoisotopic (exact) mass is 482 g/mol. The number of allylic oxidation sites excluding steroid dienone is 2. The highest BCUT2D eigenvalue weighted by Crippen LogP contribution is 2.47. The second-order valence-corrected chi connectivity index (χ2v) is 11.0. The summed E-state index contributed by atoms with van der Waals surface area (Å²) < 4.78 is 0. The Balaban J connectivity index is 1.57. The fourth-order valence-electron chi connectivity index (χ4n) is 4.88. The molecule has 1 unspecified atom stereocenters. The number of carbonyl (C=O) groups is 1. The molecule has 3 aromatic rings. The van der Waals surface area contributed by atoms with Gasteiger partial charge in [0, 0.05) is 29.4 Å². The molecule has 176 valence electrons. The van der Waals surface area contributed by atoms with Gasteiger partial charge in [0.2, 0.25) is 0 Å². The average molecular weight is 483 g/mol. The van der Waals surface area contributed by atoms with Crippen molar-refractivity contribution in [2.45, 2.75) is 50.4 Å². The topological polar surface area (TPSA) is 98.6 Å². The number of aromatic nitrogens is 2. The molecule has 2 heterocycles. The summed E-state index contributed by atoms with van der Waals surface area (Å²) in [4.78, 5) is 34.5. The predicted octanol–water partition coefficient (Wildman–Crippen LogP) is 5.44. The van der Waals surface area contributed by atoms with Gasteiger partial charge in [-0.15, -0.1) is 0 Å². The van der Waals surface area contributed by atoms with Gasteiger partial charge in [0.05, 0.1) is 17.2 Å². The van der Waals surface area contributed by atoms with E-state index < -0.39 is 5.92 Å². The van der Waals surface area contributed by atoms with E-state index in [1.807, 2.05) is 12.1 Å². The first-order valence-corrected chi connectivity index (χ1v) is 12.6. The number of hydrogen-bond acceptors (Lipinski definition) is 6. The molecule has 0 saturated heterocycles. The fraction of sp³-hybridized carbons (Fsp3) is 0.286. The van der Waals surface area contributed by atoms with E-state index in [2.05, 4.69) is 61.4 Å². The summed E-state index contributed by atoms with van der Waals surface area (Å²) in [5.74, 6) is 0.699. The molecule has 2 aromatic carbocycles. The van der Waals surface area contributed by atoms with Crippen molar-refractivity contribution in [3.8, 4) is 6.07 Å². The highest BCUT2D eigenvalue weighted by Gasteiger charge is 2.42. The normalized spacial score (nSPS) is 18.3. The molecule has 0 radical (unpaired) electrons. The Labute approximate surface area is 208 Å². The van der Waals surface area contributed by atoms with Crippen molar-refractivity contribution < 1.29 is 4.79 Å². The first kappa shape index (κ1) is 23.1. The number of nitrogens with zero attached hydrogens (tertiary/aromatic N) is 2. The number of nitriles is 1. The summed E-state index contributed by atoms with van der Waals surface area (Å²) in [6.07, 6.45) is 1.12. The Hall–Kier alpha value is -3.63. The Morgan fingerprint density at radius 2 is 1.80 bits per heavy atom. The lowest BCUT2D eigenvalue weighted by molar-refractivity contribution is -0.118. The lowest BCUT2D eigenvalue weighted by atomic mass is 9.69. The van der Waals surface area contributed by atoms with Crippen LogP contribution in [-0.2, 0) is 10.5 Å². The van der Waals surface area contributed by atoms with Gasteiger partial charge >= 0.3 is 0 Å². The van der Waals surface area contributed by atoms with E-state index in [9.17, 15) is 14.9 Å². The van der Waals surface area contributed by atoms with Gasteiger partial charge in [-0.1, -0.05) is 67.6 Å². The number of anilines is 1. The molecule has 2 N–H and O–H groups in total. The molecule has 1 aliphatic heterocycles. The van der Waals surface area contributed by atoms with E-state index >= 15 is 0 Å². The van der Waals surface area contributed by atoms with Crippen LogP contribution < -0.4 is 10.9 Å². The summed E-state index contributed by atoms with van der Waals surface area (Å²) in [5, 5.41) is 13.1. The molecular formula is C28H26N4O2S. The largest absolute Gasteiger partial charge is 0.343 e. The van der Waals surface area contributed by atoms with Crippen LogP contribution in [0.5, 0.6) is 0 Å². The van der Waals surface area contributed by atoms with Gasteiger partial charge in [0.15, 0.2) is 10.9 Å². The number of carbonyl (C=O) groups excluding carboxylic acids is 1. The number of Topliss-reactive ketones (excluding diaryl/α,β-unsaturated/α-hetero) is 1. The molecule has 0 saturated carbocycles. The van der Waals surface area contributed by atoms with Crippen molar-refractivity contribution in [3.05, 3.63) is 98.0 Å². The molecule has 7 heteroatoms. The van der Waals surface area contributed by atoms with Crippen molar-refractivity contribution >= 4 is 23.4 Å². The average Bonchev–Trinajstić information content (AvgIpc) is 2.81. The third kappa shape index (κ3) is 4.54. The van der Waals surface area contributed by atoms with E-state index in [1.165, 1.54) is 17.3 Å².